The third kappa shape index (κ3) is 2.89. The molecule has 4 heteroatoms. The van der Waals surface area contributed by atoms with Crippen molar-refractivity contribution in [3.05, 3.63) is 0 Å². The molecular formula is C10H22N2OS. The molecule has 0 spiro atoms. The van der Waals surface area contributed by atoms with Crippen molar-refractivity contribution >= 4 is 16.1 Å². The van der Waals surface area contributed by atoms with Gasteiger partial charge in [-0.3, -0.25) is 9.10 Å². The van der Waals surface area contributed by atoms with Crippen LogP contribution < -0.4 is 5.32 Å². The Kier molecular flexibility index (Phi) is 3.48. The highest BCUT2D eigenvalue weighted by Crippen LogP contribution is 2.43. The van der Waals surface area contributed by atoms with Crippen LogP contribution in [0.2, 0.25) is 0 Å². The van der Waals surface area contributed by atoms with Crippen molar-refractivity contribution in [2.75, 3.05) is 31.9 Å². The Bertz CT molecular complexity index is 217. The van der Waals surface area contributed by atoms with Crippen molar-refractivity contribution in [2.45, 2.75) is 19.9 Å². The zero-order chi connectivity index (χ0) is 10.9. The summed E-state index contributed by atoms with van der Waals surface area (Å²) >= 11 is 0. The molecule has 0 atom stereocenters. The third-order valence-corrected chi connectivity index (χ3v) is 4.34. The highest BCUT2D eigenvalue weighted by molar-refractivity contribution is 8.30. The monoisotopic (exact) mass is 218 g/mol. The van der Waals surface area contributed by atoms with Crippen LogP contribution in [0.25, 0.3) is 0 Å². The molecule has 14 heavy (non-hydrogen) atoms. The van der Waals surface area contributed by atoms with Crippen LogP contribution in [-0.2, 0) is 4.79 Å². The maximum Gasteiger partial charge on any atom is 0.222 e. The number of hydrogen-bond donors (Lipinski definition) is 1. The van der Waals surface area contributed by atoms with Gasteiger partial charge < -0.3 is 5.32 Å². The highest BCUT2D eigenvalue weighted by atomic mass is 32.3. The standard InChI is InChI=1S/C10H22N2OS/c1-8(2)10(13)11-9-6-12(7-9)14(3,4)5/h8-9H,6-7H2,1-5H3,(H,11,13). The van der Waals surface area contributed by atoms with E-state index in [9.17, 15) is 4.79 Å². The van der Waals surface area contributed by atoms with Gasteiger partial charge in [0, 0.05) is 19.0 Å². The summed E-state index contributed by atoms with van der Waals surface area (Å²) in [6, 6.07) is 0.386. The minimum absolute atomic E-state index is 0.103. The van der Waals surface area contributed by atoms with Gasteiger partial charge in [-0.15, -0.1) is 0 Å². The van der Waals surface area contributed by atoms with E-state index in [2.05, 4.69) is 28.4 Å². The highest BCUT2D eigenvalue weighted by Gasteiger charge is 2.33. The Morgan fingerprint density at radius 2 is 1.86 bits per heavy atom. The van der Waals surface area contributed by atoms with E-state index in [1.54, 1.807) is 0 Å². The fraction of sp³-hybridized carbons (Fsp3) is 0.900. The minimum Gasteiger partial charge on any atom is -0.350 e. The van der Waals surface area contributed by atoms with Crippen LogP contribution in [-0.4, -0.2) is 48.1 Å². The second-order valence-corrected chi connectivity index (χ2v) is 9.04. The number of nitrogens with one attached hydrogen (secondary N) is 1. The van der Waals surface area contributed by atoms with Crippen molar-refractivity contribution in [3.63, 3.8) is 0 Å². The minimum atomic E-state index is -0.573. The van der Waals surface area contributed by atoms with Gasteiger partial charge in [0.25, 0.3) is 0 Å². The Balaban J connectivity index is 2.26. The first-order valence-corrected chi connectivity index (χ1v) is 7.86. The molecule has 84 valence electrons. The summed E-state index contributed by atoms with van der Waals surface area (Å²) < 4.78 is 2.46. The van der Waals surface area contributed by atoms with Gasteiger partial charge in [-0.25, -0.2) is 0 Å². The summed E-state index contributed by atoms with van der Waals surface area (Å²) in [5.74, 6) is 0.282. The first kappa shape index (κ1) is 11.9. The lowest BCUT2D eigenvalue weighted by atomic mass is 10.1. The number of rotatable bonds is 3. The smallest absolute Gasteiger partial charge is 0.222 e. The van der Waals surface area contributed by atoms with E-state index >= 15 is 0 Å². The van der Waals surface area contributed by atoms with Gasteiger partial charge >= 0.3 is 0 Å². The summed E-state index contributed by atoms with van der Waals surface area (Å²) in [4.78, 5) is 11.4. The Morgan fingerprint density at radius 1 is 1.36 bits per heavy atom. The van der Waals surface area contributed by atoms with Gasteiger partial charge in [0.1, 0.15) is 0 Å². The second-order valence-electron chi connectivity index (χ2n) is 4.98. The molecule has 0 unspecified atom stereocenters. The van der Waals surface area contributed by atoms with Crippen LogP contribution in [0.3, 0.4) is 0 Å². The molecular weight excluding hydrogens is 196 g/mol. The molecule has 1 aliphatic heterocycles. The van der Waals surface area contributed by atoms with Crippen LogP contribution in [0.15, 0.2) is 0 Å². The summed E-state index contributed by atoms with van der Waals surface area (Å²) in [7, 11) is -0.573. The lowest BCUT2D eigenvalue weighted by Crippen LogP contribution is -2.59. The fourth-order valence-electron chi connectivity index (χ4n) is 1.34. The van der Waals surface area contributed by atoms with Crippen molar-refractivity contribution in [2.24, 2.45) is 5.92 Å². The van der Waals surface area contributed by atoms with E-state index in [1.807, 2.05) is 13.8 Å². The maximum absolute atomic E-state index is 11.4. The molecule has 1 N–H and O–H groups in total. The predicted octanol–water partition coefficient (Wildman–Crippen LogP) is 1.05. The van der Waals surface area contributed by atoms with Gasteiger partial charge in [-0.05, 0) is 18.8 Å². The normalized spacial score (nSPS) is 20.7. The van der Waals surface area contributed by atoms with Crippen molar-refractivity contribution in [1.82, 2.24) is 9.62 Å². The number of amides is 1. The van der Waals surface area contributed by atoms with Crippen molar-refractivity contribution < 1.29 is 4.79 Å². The maximum atomic E-state index is 11.4. The van der Waals surface area contributed by atoms with E-state index in [0.29, 0.717) is 6.04 Å². The average molecular weight is 218 g/mol. The molecule has 0 bridgehead atoms. The quantitative estimate of drug-likeness (QED) is 0.768. The van der Waals surface area contributed by atoms with Gasteiger partial charge in [0.15, 0.2) is 0 Å². The molecule has 1 saturated heterocycles. The van der Waals surface area contributed by atoms with Gasteiger partial charge in [-0.2, -0.15) is 10.2 Å². The van der Waals surface area contributed by atoms with Crippen LogP contribution >= 0.6 is 10.2 Å². The zero-order valence-electron chi connectivity index (χ0n) is 9.83. The van der Waals surface area contributed by atoms with Crippen LogP contribution in [0.1, 0.15) is 13.8 Å². The van der Waals surface area contributed by atoms with Crippen LogP contribution in [0.5, 0.6) is 0 Å². The lowest BCUT2D eigenvalue weighted by Gasteiger charge is -2.50. The van der Waals surface area contributed by atoms with Crippen LogP contribution in [0, 0.1) is 5.92 Å². The molecule has 3 nitrogen and oxygen atoms in total. The van der Waals surface area contributed by atoms with Gasteiger partial charge in [0.2, 0.25) is 5.91 Å². The first-order chi connectivity index (χ1) is 6.30. The summed E-state index contributed by atoms with van der Waals surface area (Å²) in [6.45, 7) is 5.91. The number of carbonyl (C=O) groups excluding carboxylic acids is 1. The van der Waals surface area contributed by atoms with E-state index < -0.39 is 10.2 Å². The number of hydrogen-bond acceptors (Lipinski definition) is 2. The van der Waals surface area contributed by atoms with Crippen LogP contribution in [0.4, 0.5) is 0 Å². The molecule has 1 rings (SSSR count). The Morgan fingerprint density at radius 3 is 2.21 bits per heavy atom. The number of carbonyl (C=O) groups is 1. The molecule has 1 heterocycles. The van der Waals surface area contributed by atoms with Gasteiger partial charge in [0.05, 0.1) is 6.04 Å². The van der Waals surface area contributed by atoms with E-state index in [-0.39, 0.29) is 11.8 Å². The lowest BCUT2D eigenvalue weighted by molar-refractivity contribution is -0.125. The third-order valence-electron chi connectivity index (χ3n) is 2.49. The Labute approximate surface area is 88.7 Å². The topological polar surface area (TPSA) is 32.3 Å². The van der Waals surface area contributed by atoms with E-state index in [0.717, 1.165) is 13.1 Å². The molecule has 0 saturated carbocycles. The molecule has 0 aromatic heterocycles. The molecule has 1 aliphatic rings. The van der Waals surface area contributed by atoms with Crippen molar-refractivity contribution in [1.29, 1.82) is 0 Å². The predicted molar refractivity (Wildman–Crippen MR) is 63.7 cm³/mol. The first-order valence-electron chi connectivity index (χ1n) is 5.04. The molecule has 0 aromatic carbocycles. The number of nitrogens with zero attached hydrogens (tertiary/aromatic N) is 1. The summed E-state index contributed by atoms with van der Waals surface area (Å²) in [5.41, 5.74) is 0. The second kappa shape index (κ2) is 4.11. The molecule has 0 aromatic rings. The largest absolute Gasteiger partial charge is 0.350 e. The summed E-state index contributed by atoms with van der Waals surface area (Å²) in [6.07, 6.45) is 6.86. The summed E-state index contributed by atoms with van der Waals surface area (Å²) in [5, 5.41) is 3.05. The molecule has 1 amide bonds. The van der Waals surface area contributed by atoms with E-state index in [1.165, 1.54) is 0 Å². The van der Waals surface area contributed by atoms with Gasteiger partial charge in [-0.1, -0.05) is 13.8 Å². The van der Waals surface area contributed by atoms with E-state index in [4.69, 9.17) is 0 Å². The average Bonchev–Trinajstić information content (AvgIpc) is 1.92. The van der Waals surface area contributed by atoms with Crippen molar-refractivity contribution in [3.8, 4) is 0 Å². The SMILES string of the molecule is CC(C)C(=O)NC1CN(S(C)(C)C)C1. The molecule has 1 fully saturated rings. The molecule has 0 aliphatic carbocycles. The molecule has 0 radical (unpaired) electrons. The Hall–Kier alpha value is -0.220. The fourth-order valence-corrected chi connectivity index (χ4v) is 2.60. The zero-order valence-corrected chi connectivity index (χ0v) is 10.6.